The van der Waals surface area contributed by atoms with Crippen LogP contribution in [-0.4, -0.2) is 65.6 Å². The van der Waals surface area contributed by atoms with Crippen molar-refractivity contribution in [2.45, 2.75) is 32.9 Å². The van der Waals surface area contributed by atoms with E-state index in [1.807, 2.05) is 13.8 Å². The van der Waals surface area contributed by atoms with E-state index >= 15 is 0 Å². The molecule has 1 aromatic heterocycles. The molecule has 0 saturated heterocycles. The number of hydrogen-bond acceptors (Lipinski definition) is 8. The fourth-order valence-electron chi connectivity index (χ4n) is 2.67. The average molecular weight is 479 g/mol. The van der Waals surface area contributed by atoms with Crippen molar-refractivity contribution in [1.29, 1.82) is 0 Å². The number of hydrogen-bond donors (Lipinski definition) is 2. The topological polar surface area (TPSA) is 123 Å². The fourth-order valence-corrected chi connectivity index (χ4v) is 3.49. The molecular weight excluding hydrogens is 448 g/mol. The first-order valence-electron chi connectivity index (χ1n) is 10.5. The third-order valence-electron chi connectivity index (χ3n) is 4.34. The van der Waals surface area contributed by atoms with E-state index in [1.54, 1.807) is 38.1 Å². The van der Waals surface area contributed by atoms with Gasteiger partial charge in [-0.15, -0.1) is 11.8 Å². The number of nitrogens with one attached hydrogen (secondary N) is 2. The molecule has 10 nitrogen and oxygen atoms in total. The number of aromatic nitrogens is 1. The van der Waals surface area contributed by atoms with Crippen molar-refractivity contribution >= 4 is 41.0 Å². The number of anilines is 2. The first-order valence-corrected chi connectivity index (χ1v) is 11.6. The zero-order chi connectivity index (χ0) is 24.4. The van der Waals surface area contributed by atoms with Gasteiger partial charge >= 0.3 is 0 Å². The molecule has 11 heteroatoms. The number of thioether (sulfide) groups is 1. The van der Waals surface area contributed by atoms with E-state index in [1.165, 1.54) is 23.7 Å². The van der Waals surface area contributed by atoms with Crippen molar-refractivity contribution in [3.05, 3.63) is 30.0 Å². The number of carbonyl (C=O) groups is 3. The molecule has 0 saturated carbocycles. The van der Waals surface area contributed by atoms with Crippen LogP contribution in [0.2, 0.25) is 0 Å². The molecule has 3 amide bonds. The first-order chi connectivity index (χ1) is 15.7. The summed E-state index contributed by atoms with van der Waals surface area (Å²) in [6.45, 7) is 7.97. The van der Waals surface area contributed by atoms with E-state index in [2.05, 4.69) is 15.8 Å². The van der Waals surface area contributed by atoms with E-state index in [-0.39, 0.29) is 30.0 Å². The third-order valence-corrected chi connectivity index (χ3v) is 5.47. The van der Waals surface area contributed by atoms with E-state index in [9.17, 15) is 14.4 Å². The lowest BCUT2D eigenvalue weighted by Crippen LogP contribution is -2.36. The van der Waals surface area contributed by atoms with Crippen molar-refractivity contribution in [2.75, 3.05) is 43.2 Å². The lowest BCUT2D eigenvalue weighted by molar-refractivity contribution is -0.131. The molecule has 0 radical (unpaired) electrons. The molecule has 2 aromatic rings. The van der Waals surface area contributed by atoms with Gasteiger partial charge < -0.3 is 29.5 Å². The average Bonchev–Trinajstić information content (AvgIpc) is 3.18. The van der Waals surface area contributed by atoms with Gasteiger partial charge in [-0.3, -0.25) is 14.4 Å². The quantitative estimate of drug-likeness (QED) is 0.477. The maximum atomic E-state index is 12.4. The SMILES string of the molecule is CCOc1ccc(NC(=O)CN(C)C(=O)CS[C@@H](C)C(=O)Nc2cc(C)on2)cc1OCC. The highest BCUT2D eigenvalue weighted by molar-refractivity contribution is 8.01. The normalized spacial score (nSPS) is 11.4. The van der Waals surface area contributed by atoms with Crippen molar-refractivity contribution < 1.29 is 28.4 Å². The van der Waals surface area contributed by atoms with Crippen molar-refractivity contribution in [1.82, 2.24) is 10.1 Å². The van der Waals surface area contributed by atoms with Crippen LogP contribution in [0.1, 0.15) is 26.5 Å². The number of rotatable bonds is 12. The molecule has 1 atom stereocenters. The maximum Gasteiger partial charge on any atom is 0.243 e. The summed E-state index contributed by atoms with van der Waals surface area (Å²) in [6, 6.07) is 6.72. The summed E-state index contributed by atoms with van der Waals surface area (Å²) in [4.78, 5) is 38.3. The molecule has 1 aromatic carbocycles. The fraction of sp³-hybridized carbons (Fsp3) is 0.455. The summed E-state index contributed by atoms with van der Waals surface area (Å²) in [5.74, 6) is 1.18. The molecule has 1 heterocycles. The van der Waals surface area contributed by atoms with Crippen LogP contribution in [-0.2, 0) is 14.4 Å². The molecule has 33 heavy (non-hydrogen) atoms. The van der Waals surface area contributed by atoms with Crippen LogP contribution in [0.25, 0.3) is 0 Å². The highest BCUT2D eigenvalue weighted by Crippen LogP contribution is 2.30. The molecule has 2 N–H and O–H groups in total. The lowest BCUT2D eigenvalue weighted by Gasteiger charge is -2.18. The summed E-state index contributed by atoms with van der Waals surface area (Å²) in [6.07, 6.45) is 0. The Morgan fingerprint density at radius 2 is 1.82 bits per heavy atom. The van der Waals surface area contributed by atoms with Crippen LogP contribution in [0, 0.1) is 6.92 Å². The second-order valence-corrected chi connectivity index (χ2v) is 8.42. The summed E-state index contributed by atoms with van der Waals surface area (Å²) in [5.41, 5.74) is 0.538. The third kappa shape index (κ3) is 8.33. The van der Waals surface area contributed by atoms with E-state index in [0.29, 0.717) is 42.0 Å². The Hall–Kier alpha value is -3.21. The molecule has 0 unspecified atom stereocenters. The maximum absolute atomic E-state index is 12.4. The smallest absolute Gasteiger partial charge is 0.243 e. The Morgan fingerprint density at radius 1 is 1.12 bits per heavy atom. The predicted octanol–water partition coefficient (Wildman–Crippen LogP) is 2.94. The van der Waals surface area contributed by atoms with Gasteiger partial charge in [-0.2, -0.15) is 0 Å². The van der Waals surface area contributed by atoms with Gasteiger partial charge in [-0.25, -0.2) is 0 Å². The number of nitrogens with zero attached hydrogens (tertiary/aromatic N) is 2. The standard InChI is InChI=1S/C22H30N4O6S/c1-6-30-17-9-8-16(11-18(17)31-7-2)23-20(27)12-26(5)21(28)13-33-15(4)22(29)24-19-10-14(3)32-25-19/h8-11,15H,6-7,12-13H2,1-5H3,(H,23,27)(H,24,25,29)/t15-/m0/s1. The van der Waals surface area contributed by atoms with Gasteiger partial charge in [0, 0.05) is 24.9 Å². The van der Waals surface area contributed by atoms with E-state index in [0.717, 1.165) is 0 Å². The number of aryl methyl sites for hydroxylation is 1. The Kier molecular flexibility index (Phi) is 10.0. The molecule has 0 aliphatic rings. The van der Waals surface area contributed by atoms with Crippen LogP contribution < -0.4 is 20.1 Å². The molecule has 0 spiro atoms. The zero-order valence-corrected chi connectivity index (χ0v) is 20.3. The molecule has 0 aliphatic heterocycles. The van der Waals surface area contributed by atoms with E-state index in [4.69, 9.17) is 14.0 Å². The molecule has 0 aliphatic carbocycles. The molecule has 180 valence electrons. The van der Waals surface area contributed by atoms with Gasteiger partial charge in [0.25, 0.3) is 0 Å². The van der Waals surface area contributed by atoms with Crippen LogP contribution in [0.5, 0.6) is 11.5 Å². The van der Waals surface area contributed by atoms with Gasteiger partial charge in [0.2, 0.25) is 17.7 Å². The summed E-state index contributed by atoms with van der Waals surface area (Å²) < 4.78 is 16.0. The minimum absolute atomic E-state index is 0.0494. The summed E-state index contributed by atoms with van der Waals surface area (Å²) in [5, 5.41) is 8.60. The first kappa shape index (κ1) is 26.0. The number of carbonyl (C=O) groups excluding carboxylic acids is 3. The number of amides is 3. The monoisotopic (exact) mass is 478 g/mol. The summed E-state index contributed by atoms with van der Waals surface area (Å²) in [7, 11) is 1.54. The van der Waals surface area contributed by atoms with Gasteiger partial charge in [0.15, 0.2) is 17.3 Å². The van der Waals surface area contributed by atoms with Crippen LogP contribution >= 0.6 is 11.8 Å². The van der Waals surface area contributed by atoms with Crippen LogP contribution in [0.15, 0.2) is 28.8 Å². The molecular formula is C22H30N4O6S. The molecule has 0 fully saturated rings. The van der Waals surface area contributed by atoms with Crippen molar-refractivity contribution in [3.63, 3.8) is 0 Å². The Labute approximate surface area is 197 Å². The number of ether oxygens (including phenoxy) is 2. The van der Waals surface area contributed by atoms with Gasteiger partial charge in [0.1, 0.15) is 5.76 Å². The second-order valence-electron chi connectivity index (χ2n) is 7.09. The van der Waals surface area contributed by atoms with Crippen molar-refractivity contribution in [2.24, 2.45) is 0 Å². The van der Waals surface area contributed by atoms with Crippen LogP contribution in [0.4, 0.5) is 11.5 Å². The van der Waals surface area contributed by atoms with Crippen molar-refractivity contribution in [3.8, 4) is 11.5 Å². The largest absolute Gasteiger partial charge is 0.490 e. The molecule has 0 bridgehead atoms. The van der Waals surface area contributed by atoms with E-state index < -0.39 is 5.25 Å². The minimum Gasteiger partial charge on any atom is -0.490 e. The lowest BCUT2D eigenvalue weighted by atomic mass is 10.2. The highest BCUT2D eigenvalue weighted by Gasteiger charge is 2.19. The predicted molar refractivity (Wildman–Crippen MR) is 127 cm³/mol. The minimum atomic E-state index is -0.492. The Bertz CT molecular complexity index is 964. The van der Waals surface area contributed by atoms with Gasteiger partial charge in [0.05, 0.1) is 30.8 Å². The van der Waals surface area contributed by atoms with Crippen LogP contribution in [0.3, 0.4) is 0 Å². The zero-order valence-electron chi connectivity index (χ0n) is 19.5. The Balaban J connectivity index is 1.81. The Morgan fingerprint density at radius 3 is 2.45 bits per heavy atom. The number of likely N-dealkylation sites (N-methyl/N-ethyl adjacent to an activating group) is 1. The van der Waals surface area contributed by atoms with Gasteiger partial charge in [-0.1, -0.05) is 5.16 Å². The summed E-state index contributed by atoms with van der Waals surface area (Å²) >= 11 is 1.17. The second kappa shape index (κ2) is 12.7. The highest BCUT2D eigenvalue weighted by atomic mass is 32.2. The number of benzene rings is 1. The molecule has 2 rings (SSSR count). The van der Waals surface area contributed by atoms with Gasteiger partial charge in [-0.05, 0) is 39.8 Å².